The third-order valence-corrected chi connectivity index (χ3v) is 4.20. The van der Waals surface area contributed by atoms with Crippen molar-refractivity contribution in [2.24, 2.45) is 5.73 Å². The van der Waals surface area contributed by atoms with Gasteiger partial charge in [0.1, 0.15) is 4.99 Å². The van der Waals surface area contributed by atoms with Gasteiger partial charge in [-0.3, -0.25) is 0 Å². The third-order valence-electron chi connectivity index (χ3n) is 3.06. The van der Waals surface area contributed by atoms with Gasteiger partial charge in [-0.2, -0.15) is 0 Å². The highest BCUT2D eigenvalue weighted by molar-refractivity contribution is 7.99. The van der Waals surface area contributed by atoms with Crippen molar-refractivity contribution in [3.05, 3.63) is 23.8 Å². The van der Waals surface area contributed by atoms with Gasteiger partial charge < -0.3 is 15.5 Å². The second-order valence-electron chi connectivity index (χ2n) is 5.03. The minimum atomic E-state index is 0.482. The molecule has 0 amide bonds. The lowest BCUT2D eigenvalue weighted by Crippen LogP contribution is -2.26. The van der Waals surface area contributed by atoms with Crippen molar-refractivity contribution in [3.63, 3.8) is 0 Å². The average Bonchev–Trinajstić information content (AvgIpc) is 2.38. The van der Waals surface area contributed by atoms with E-state index in [2.05, 4.69) is 56.1 Å². The van der Waals surface area contributed by atoms with Crippen LogP contribution in [-0.2, 0) is 0 Å². The number of anilines is 1. The number of hydrogen-bond acceptors (Lipinski definition) is 4. The number of hydrogen-bond donors (Lipinski definition) is 1. The molecular formula is C15H25N3S2. The fourth-order valence-corrected chi connectivity index (χ4v) is 3.23. The van der Waals surface area contributed by atoms with E-state index in [9.17, 15) is 0 Å². The Kier molecular flexibility index (Phi) is 7.34. The van der Waals surface area contributed by atoms with Crippen LogP contribution in [0.1, 0.15) is 18.9 Å². The van der Waals surface area contributed by atoms with Gasteiger partial charge in [0.05, 0.1) is 0 Å². The van der Waals surface area contributed by atoms with E-state index in [1.165, 1.54) is 4.90 Å². The molecule has 0 atom stereocenters. The first-order chi connectivity index (χ1) is 9.47. The van der Waals surface area contributed by atoms with Crippen LogP contribution < -0.4 is 10.6 Å². The zero-order valence-electron chi connectivity index (χ0n) is 12.8. The van der Waals surface area contributed by atoms with Crippen LogP contribution in [0.3, 0.4) is 0 Å². The van der Waals surface area contributed by atoms with Crippen molar-refractivity contribution in [2.75, 3.05) is 44.9 Å². The first kappa shape index (κ1) is 17.3. The smallest absolute Gasteiger partial charge is 0.107 e. The van der Waals surface area contributed by atoms with Crippen LogP contribution in [0.4, 0.5) is 5.69 Å². The molecule has 0 heterocycles. The summed E-state index contributed by atoms with van der Waals surface area (Å²) in [6.45, 7) is 4.21. The molecule has 3 nitrogen and oxygen atoms in total. The summed E-state index contributed by atoms with van der Waals surface area (Å²) >= 11 is 7.04. The van der Waals surface area contributed by atoms with E-state index in [1.807, 2.05) is 0 Å². The highest BCUT2D eigenvalue weighted by atomic mass is 32.2. The van der Waals surface area contributed by atoms with E-state index in [0.29, 0.717) is 4.99 Å². The van der Waals surface area contributed by atoms with Crippen LogP contribution in [0, 0.1) is 0 Å². The molecule has 0 aliphatic heterocycles. The Bertz CT molecular complexity index is 447. The predicted octanol–water partition coefficient (Wildman–Crippen LogP) is 2.82. The standard InChI is InChI=1S/C15H25N3S2/c1-5-20-13-9-6-8-12(14(13)15(16)19)18(4)11-7-10-17(2)3/h6,8-9H,5,7,10-11H2,1-4H3,(H2,16,19). The Morgan fingerprint density at radius 2 is 1.95 bits per heavy atom. The molecule has 0 fully saturated rings. The van der Waals surface area contributed by atoms with Gasteiger partial charge in [0.25, 0.3) is 0 Å². The van der Waals surface area contributed by atoms with Gasteiger partial charge in [0.15, 0.2) is 0 Å². The zero-order valence-corrected chi connectivity index (χ0v) is 14.5. The second kappa shape index (κ2) is 8.49. The maximum atomic E-state index is 5.94. The van der Waals surface area contributed by atoms with Gasteiger partial charge in [-0.25, -0.2) is 0 Å². The van der Waals surface area contributed by atoms with E-state index in [0.717, 1.165) is 36.5 Å². The summed E-state index contributed by atoms with van der Waals surface area (Å²) in [5.41, 5.74) is 8.09. The molecule has 1 rings (SSSR count). The highest BCUT2D eigenvalue weighted by Crippen LogP contribution is 2.30. The van der Waals surface area contributed by atoms with Gasteiger partial charge in [0, 0.05) is 29.7 Å². The lowest BCUT2D eigenvalue weighted by molar-refractivity contribution is 0.401. The molecule has 0 aliphatic carbocycles. The summed E-state index contributed by atoms with van der Waals surface area (Å²) in [6.07, 6.45) is 1.12. The number of thioether (sulfide) groups is 1. The molecular weight excluding hydrogens is 286 g/mol. The van der Waals surface area contributed by atoms with Crippen molar-refractivity contribution < 1.29 is 0 Å². The molecule has 0 bridgehead atoms. The number of rotatable bonds is 8. The van der Waals surface area contributed by atoms with E-state index in [1.54, 1.807) is 11.8 Å². The average molecular weight is 312 g/mol. The molecule has 0 saturated carbocycles. The molecule has 2 N–H and O–H groups in total. The van der Waals surface area contributed by atoms with Gasteiger partial charge >= 0.3 is 0 Å². The van der Waals surface area contributed by atoms with Crippen molar-refractivity contribution >= 4 is 34.7 Å². The van der Waals surface area contributed by atoms with Crippen LogP contribution >= 0.6 is 24.0 Å². The predicted molar refractivity (Wildman–Crippen MR) is 95.2 cm³/mol. The first-order valence-electron chi connectivity index (χ1n) is 6.88. The number of nitrogens with zero attached hydrogens (tertiary/aromatic N) is 2. The highest BCUT2D eigenvalue weighted by Gasteiger charge is 2.14. The molecule has 20 heavy (non-hydrogen) atoms. The fourth-order valence-electron chi connectivity index (χ4n) is 2.11. The van der Waals surface area contributed by atoms with Crippen molar-refractivity contribution in [1.82, 2.24) is 4.90 Å². The summed E-state index contributed by atoms with van der Waals surface area (Å²) in [5.74, 6) is 1.02. The van der Waals surface area contributed by atoms with Crippen LogP contribution in [-0.4, -0.2) is 49.9 Å². The Hall–Kier alpha value is -0.780. The zero-order chi connectivity index (χ0) is 15.1. The van der Waals surface area contributed by atoms with Crippen LogP contribution in [0.5, 0.6) is 0 Å². The normalized spacial score (nSPS) is 10.8. The lowest BCUT2D eigenvalue weighted by atomic mass is 10.1. The van der Waals surface area contributed by atoms with E-state index in [-0.39, 0.29) is 0 Å². The van der Waals surface area contributed by atoms with E-state index < -0.39 is 0 Å². The van der Waals surface area contributed by atoms with Crippen molar-refractivity contribution in [2.45, 2.75) is 18.2 Å². The SMILES string of the molecule is CCSc1cccc(N(C)CCCN(C)C)c1C(N)=S. The Morgan fingerprint density at radius 3 is 2.50 bits per heavy atom. The summed E-state index contributed by atoms with van der Waals surface area (Å²) in [6, 6.07) is 6.28. The molecule has 1 aromatic carbocycles. The monoisotopic (exact) mass is 311 g/mol. The molecule has 112 valence electrons. The summed E-state index contributed by atoms with van der Waals surface area (Å²) in [5, 5.41) is 0. The molecule has 0 saturated heterocycles. The minimum Gasteiger partial charge on any atom is -0.389 e. The van der Waals surface area contributed by atoms with Gasteiger partial charge in [-0.15, -0.1) is 11.8 Å². The van der Waals surface area contributed by atoms with Crippen molar-refractivity contribution in [1.29, 1.82) is 0 Å². The van der Waals surface area contributed by atoms with Crippen LogP contribution in [0.25, 0.3) is 0 Å². The maximum Gasteiger partial charge on any atom is 0.107 e. The van der Waals surface area contributed by atoms with E-state index >= 15 is 0 Å². The van der Waals surface area contributed by atoms with Gasteiger partial charge in [-0.05, 0) is 44.9 Å². The first-order valence-corrected chi connectivity index (χ1v) is 8.28. The minimum absolute atomic E-state index is 0.482. The summed E-state index contributed by atoms with van der Waals surface area (Å²) < 4.78 is 0. The fraction of sp³-hybridized carbons (Fsp3) is 0.533. The molecule has 0 aliphatic rings. The lowest BCUT2D eigenvalue weighted by Gasteiger charge is -2.24. The Balaban J connectivity index is 2.92. The Morgan fingerprint density at radius 1 is 1.25 bits per heavy atom. The largest absolute Gasteiger partial charge is 0.389 e. The van der Waals surface area contributed by atoms with Gasteiger partial charge in [0.2, 0.25) is 0 Å². The third kappa shape index (κ3) is 4.96. The topological polar surface area (TPSA) is 32.5 Å². The second-order valence-corrected chi connectivity index (χ2v) is 6.77. The molecule has 5 heteroatoms. The van der Waals surface area contributed by atoms with E-state index in [4.69, 9.17) is 18.0 Å². The quantitative estimate of drug-likeness (QED) is 0.589. The molecule has 0 aromatic heterocycles. The van der Waals surface area contributed by atoms with Crippen molar-refractivity contribution in [3.8, 4) is 0 Å². The molecule has 1 aromatic rings. The number of thiocarbonyl (C=S) groups is 1. The summed E-state index contributed by atoms with van der Waals surface area (Å²) in [4.78, 5) is 6.11. The summed E-state index contributed by atoms with van der Waals surface area (Å²) in [7, 11) is 6.30. The number of nitrogens with two attached hydrogens (primary N) is 1. The van der Waals surface area contributed by atoms with Crippen LogP contribution in [0.15, 0.2) is 23.1 Å². The van der Waals surface area contributed by atoms with Gasteiger partial charge in [-0.1, -0.05) is 25.2 Å². The molecule has 0 unspecified atom stereocenters. The molecule has 0 radical (unpaired) electrons. The molecule has 0 spiro atoms. The Labute approximate surface area is 132 Å². The maximum absolute atomic E-state index is 5.94. The number of benzene rings is 1. The van der Waals surface area contributed by atoms with Crippen LogP contribution in [0.2, 0.25) is 0 Å².